The van der Waals surface area contributed by atoms with E-state index in [1.165, 1.54) is 32.1 Å². The molecule has 0 heterocycles. The van der Waals surface area contributed by atoms with E-state index in [4.69, 9.17) is 0 Å². The fraction of sp³-hybridized carbons (Fsp3) is 0.852. The van der Waals surface area contributed by atoms with E-state index in [-0.39, 0.29) is 17.8 Å². The summed E-state index contributed by atoms with van der Waals surface area (Å²) < 4.78 is 0. The maximum Gasteiger partial charge on any atom is 0.106 e. The van der Waals surface area contributed by atoms with Crippen LogP contribution in [-0.4, -0.2) is 32.6 Å². The molecule has 3 fully saturated rings. The summed E-state index contributed by atoms with van der Waals surface area (Å²) in [6.45, 7) is 13.5. The van der Waals surface area contributed by atoms with E-state index >= 15 is 0 Å². The highest BCUT2D eigenvalue weighted by Crippen LogP contribution is 2.61. The Hall–Kier alpha value is -0.640. The highest BCUT2D eigenvalue weighted by molar-refractivity contribution is 5.28. The van der Waals surface area contributed by atoms with Crippen LogP contribution in [0.5, 0.6) is 0 Å². The molecule has 0 unspecified atom stereocenters. The summed E-state index contributed by atoms with van der Waals surface area (Å²) in [4.78, 5) is 0. The van der Waals surface area contributed by atoms with E-state index in [0.717, 1.165) is 30.8 Å². The number of hydrogen-bond acceptors (Lipinski definition) is 3. The molecule has 3 heteroatoms. The third-order valence-corrected chi connectivity index (χ3v) is 9.02. The SMILES string of the molecule is C=C1CC[C@H](O)C[C@]1(O)/C=C/[C@@]1(O)CCC[C@]2(C)[C@@H]([C@H](C)CCCC(C)C)CC[C@H]21. The van der Waals surface area contributed by atoms with Crippen molar-refractivity contribution >= 4 is 0 Å². The molecular weight excluding hydrogens is 372 g/mol. The maximum absolute atomic E-state index is 11.8. The van der Waals surface area contributed by atoms with Crippen LogP contribution in [0, 0.1) is 29.1 Å². The zero-order valence-corrected chi connectivity index (χ0v) is 19.9. The Morgan fingerprint density at radius 1 is 1.07 bits per heavy atom. The number of fused-ring (bicyclic) bond motifs is 1. The molecule has 3 saturated carbocycles. The Balaban J connectivity index is 1.74. The molecule has 172 valence electrons. The van der Waals surface area contributed by atoms with Gasteiger partial charge >= 0.3 is 0 Å². The lowest BCUT2D eigenvalue weighted by atomic mass is 9.57. The highest BCUT2D eigenvalue weighted by atomic mass is 16.3. The van der Waals surface area contributed by atoms with Gasteiger partial charge in [-0.25, -0.2) is 0 Å². The summed E-state index contributed by atoms with van der Waals surface area (Å²) in [5, 5.41) is 32.9. The number of aliphatic hydroxyl groups excluding tert-OH is 1. The van der Waals surface area contributed by atoms with Gasteiger partial charge in [0.1, 0.15) is 5.60 Å². The normalized spacial score (nSPS) is 43.3. The van der Waals surface area contributed by atoms with Crippen LogP contribution < -0.4 is 0 Å². The molecular formula is C27H46O3. The van der Waals surface area contributed by atoms with Gasteiger partial charge in [-0.2, -0.15) is 0 Å². The zero-order valence-electron chi connectivity index (χ0n) is 19.9. The summed E-state index contributed by atoms with van der Waals surface area (Å²) in [5.74, 6) is 2.39. The first-order chi connectivity index (χ1) is 14.0. The summed E-state index contributed by atoms with van der Waals surface area (Å²) in [7, 11) is 0. The van der Waals surface area contributed by atoms with Gasteiger partial charge in [-0.15, -0.1) is 0 Å². The number of hydrogen-bond donors (Lipinski definition) is 3. The molecule has 0 radical (unpaired) electrons. The largest absolute Gasteiger partial charge is 0.393 e. The van der Waals surface area contributed by atoms with E-state index in [1.807, 2.05) is 6.08 Å². The standard InChI is InChI=1S/C27H46O3/c1-19(2)8-6-9-20(3)23-12-13-24-25(23,5)14-7-15-26(24,29)16-17-27(30)18-22(28)11-10-21(27)4/h16-17,19-20,22-24,28-30H,4,6-15,18H2,1-3,5H3/b17-16+/t20-,22+,23-,24-,25-,26+,27-/m1/s1. The van der Waals surface area contributed by atoms with Gasteiger partial charge in [0.15, 0.2) is 0 Å². The van der Waals surface area contributed by atoms with Crippen molar-refractivity contribution in [3.8, 4) is 0 Å². The second-order valence-electron chi connectivity index (χ2n) is 11.6. The van der Waals surface area contributed by atoms with Crippen molar-refractivity contribution in [1.82, 2.24) is 0 Å². The van der Waals surface area contributed by atoms with E-state index in [1.54, 1.807) is 6.08 Å². The summed E-state index contributed by atoms with van der Waals surface area (Å²) in [6.07, 6.45) is 13.9. The van der Waals surface area contributed by atoms with Crippen LogP contribution in [0.2, 0.25) is 0 Å². The topological polar surface area (TPSA) is 60.7 Å². The lowest BCUT2D eigenvalue weighted by Gasteiger charge is -2.50. The van der Waals surface area contributed by atoms with E-state index in [2.05, 4.69) is 34.3 Å². The minimum atomic E-state index is -1.19. The number of aliphatic hydroxyl groups is 3. The quantitative estimate of drug-likeness (QED) is 0.459. The minimum absolute atomic E-state index is 0.167. The lowest BCUT2D eigenvalue weighted by molar-refractivity contribution is -0.0791. The predicted octanol–water partition coefficient (Wildman–Crippen LogP) is 5.78. The van der Waals surface area contributed by atoms with Crippen molar-refractivity contribution in [1.29, 1.82) is 0 Å². The zero-order chi connectivity index (χ0) is 22.2. The van der Waals surface area contributed by atoms with Crippen molar-refractivity contribution in [2.75, 3.05) is 0 Å². The fourth-order valence-electron chi connectivity index (χ4n) is 7.19. The molecule has 3 N–H and O–H groups in total. The highest BCUT2D eigenvalue weighted by Gasteiger charge is 2.57. The van der Waals surface area contributed by atoms with Crippen LogP contribution in [0.4, 0.5) is 0 Å². The Morgan fingerprint density at radius 3 is 2.50 bits per heavy atom. The Bertz CT molecular complexity index is 640. The molecule has 0 saturated heterocycles. The van der Waals surface area contributed by atoms with Gasteiger partial charge in [0.2, 0.25) is 0 Å². The van der Waals surface area contributed by atoms with Crippen molar-refractivity contribution < 1.29 is 15.3 Å². The third-order valence-electron chi connectivity index (χ3n) is 9.02. The molecule has 3 rings (SSSR count). The molecule has 0 aromatic heterocycles. The van der Waals surface area contributed by atoms with Gasteiger partial charge in [-0.05, 0) is 79.6 Å². The summed E-state index contributed by atoms with van der Waals surface area (Å²) >= 11 is 0. The number of rotatable bonds is 7. The first kappa shape index (κ1) is 24.0. The van der Waals surface area contributed by atoms with Crippen molar-refractivity contribution in [2.45, 2.75) is 116 Å². The molecule has 3 nitrogen and oxygen atoms in total. The fourth-order valence-corrected chi connectivity index (χ4v) is 7.19. The monoisotopic (exact) mass is 418 g/mol. The van der Waals surface area contributed by atoms with Gasteiger partial charge in [-0.3, -0.25) is 0 Å². The molecule has 7 atom stereocenters. The second kappa shape index (κ2) is 9.08. The Morgan fingerprint density at radius 2 is 1.80 bits per heavy atom. The first-order valence-corrected chi connectivity index (χ1v) is 12.5. The van der Waals surface area contributed by atoms with Gasteiger partial charge in [0.25, 0.3) is 0 Å². The molecule has 0 aromatic carbocycles. The third kappa shape index (κ3) is 4.74. The molecule has 0 aliphatic heterocycles. The summed E-state index contributed by atoms with van der Waals surface area (Å²) in [5.41, 5.74) is -1.13. The molecule has 3 aliphatic carbocycles. The van der Waals surface area contributed by atoms with Crippen LogP contribution in [0.25, 0.3) is 0 Å². The smallest absolute Gasteiger partial charge is 0.106 e. The van der Waals surface area contributed by atoms with Gasteiger partial charge in [0.05, 0.1) is 11.7 Å². The predicted molar refractivity (Wildman–Crippen MR) is 124 cm³/mol. The van der Waals surface area contributed by atoms with Gasteiger partial charge in [0, 0.05) is 6.42 Å². The Kier molecular flexibility index (Phi) is 7.27. The summed E-state index contributed by atoms with van der Waals surface area (Å²) in [6, 6.07) is 0. The van der Waals surface area contributed by atoms with Crippen LogP contribution in [0.15, 0.2) is 24.3 Å². The second-order valence-corrected chi connectivity index (χ2v) is 11.6. The van der Waals surface area contributed by atoms with Crippen molar-refractivity contribution in [3.63, 3.8) is 0 Å². The van der Waals surface area contributed by atoms with Crippen LogP contribution in [0.1, 0.15) is 98.3 Å². The van der Waals surface area contributed by atoms with Crippen LogP contribution in [-0.2, 0) is 0 Å². The molecule has 0 bridgehead atoms. The Labute approximate surface area is 184 Å². The molecule has 30 heavy (non-hydrogen) atoms. The van der Waals surface area contributed by atoms with Crippen LogP contribution in [0.3, 0.4) is 0 Å². The maximum atomic E-state index is 11.8. The molecule has 0 spiro atoms. The molecule has 0 aromatic rings. The molecule has 0 amide bonds. The van der Waals surface area contributed by atoms with Gasteiger partial charge < -0.3 is 15.3 Å². The van der Waals surface area contributed by atoms with Gasteiger partial charge in [-0.1, -0.05) is 65.7 Å². The van der Waals surface area contributed by atoms with Crippen LogP contribution >= 0.6 is 0 Å². The van der Waals surface area contributed by atoms with E-state index in [9.17, 15) is 15.3 Å². The van der Waals surface area contributed by atoms with E-state index < -0.39 is 17.3 Å². The van der Waals surface area contributed by atoms with E-state index in [0.29, 0.717) is 24.7 Å². The first-order valence-electron chi connectivity index (χ1n) is 12.5. The van der Waals surface area contributed by atoms with Crippen molar-refractivity contribution in [2.24, 2.45) is 29.1 Å². The lowest BCUT2D eigenvalue weighted by Crippen LogP contribution is -2.49. The molecule has 3 aliphatic rings. The average molecular weight is 419 g/mol. The minimum Gasteiger partial charge on any atom is -0.393 e. The van der Waals surface area contributed by atoms with Crippen molar-refractivity contribution in [3.05, 3.63) is 24.3 Å². The average Bonchev–Trinajstić information content (AvgIpc) is 3.02.